The topological polar surface area (TPSA) is 46.2 Å². The van der Waals surface area contributed by atoms with Crippen molar-refractivity contribution in [3.05, 3.63) is 12.2 Å². The molecule has 2 atom stereocenters. The molecular formula is C12H25NO. The third-order valence-electron chi connectivity index (χ3n) is 2.25. The summed E-state index contributed by atoms with van der Waals surface area (Å²) in [5.41, 5.74) is 5.57. The Labute approximate surface area is 88.2 Å². The predicted octanol–water partition coefficient (Wildman–Crippen LogP) is 2.32. The van der Waals surface area contributed by atoms with E-state index in [4.69, 9.17) is 10.8 Å². The lowest BCUT2D eigenvalue weighted by atomic mass is 9.96. The van der Waals surface area contributed by atoms with E-state index in [0.29, 0.717) is 0 Å². The zero-order valence-electron chi connectivity index (χ0n) is 9.74. The summed E-state index contributed by atoms with van der Waals surface area (Å²) in [6, 6.07) is -0.0911. The van der Waals surface area contributed by atoms with Gasteiger partial charge in [0, 0.05) is 6.04 Å². The quantitative estimate of drug-likeness (QED) is 0.618. The van der Waals surface area contributed by atoms with Crippen molar-refractivity contribution in [1.29, 1.82) is 0 Å². The summed E-state index contributed by atoms with van der Waals surface area (Å²) in [5.74, 6) is 1.52. The largest absolute Gasteiger partial charge is 0.395 e. The van der Waals surface area contributed by atoms with Crippen molar-refractivity contribution in [2.75, 3.05) is 6.61 Å². The first-order chi connectivity index (χ1) is 6.56. The molecule has 14 heavy (non-hydrogen) atoms. The number of hydrogen-bond acceptors (Lipinski definition) is 2. The fourth-order valence-corrected chi connectivity index (χ4v) is 1.58. The van der Waals surface area contributed by atoms with Crippen LogP contribution in [0.25, 0.3) is 0 Å². The molecule has 2 nitrogen and oxygen atoms in total. The zero-order valence-corrected chi connectivity index (χ0v) is 9.74. The fraction of sp³-hybridized carbons (Fsp3) is 0.833. The minimum atomic E-state index is -0.0911. The molecular weight excluding hydrogens is 174 g/mol. The SMILES string of the molecule is CC(C)CC(C)C/C=C/CC(N)CO. The van der Waals surface area contributed by atoms with E-state index in [1.807, 2.05) is 0 Å². The number of aliphatic hydroxyl groups is 1. The average Bonchev–Trinajstić information content (AvgIpc) is 2.10. The molecule has 0 aliphatic rings. The summed E-state index contributed by atoms with van der Waals surface area (Å²) in [7, 11) is 0. The highest BCUT2D eigenvalue weighted by Gasteiger charge is 2.02. The molecule has 0 aromatic heterocycles. The number of aliphatic hydroxyl groups excluding tert-OH is 1. The van der Waals surface area contributed by atoms with Crippen LogP contribution in [0.2, 0.25) is 0 Å². The van der Waals surface area contributed by atoms with Crippen molar-refractivity contribution in [3.63, 3.8) is 0 Å². The summed E-state index contributed by atoms with van der Waals surface area (Å²) in [6.07, 6.45) is 7.44. The van der Waals surface area contributed by atoms with Crippen molar-refractivity contribution < 1.29 is 5.11 Å². The second-order valence-corrected chi connectivity index (χ2v) is 4.62. The summed E-state index contributed by atoms with van der Waals surface area (Å²) in [6.45, 7) is 6.85. The normalized spacial score (nSPS) is 16.4. The van der Waals surface area contributed by atoms with Gasteiger partial charge in [0.15, 0.2) is 0 Å². The Bertz CT molecular complexity index is 154. The summed E-state index contributed by atoms with van der Waals surface area (Å²) >= 11 is 0. The molecule has 0 aromatic carbocycles. The molecule has 0 saturated heterocycles. The first-order valence-corrected chi connectivity index (χ1v) is 5.57. The monoisotopic (exact) mass is 199 g/mol. The fourth-order valence-electron chi connectivity index (χ4n) is 1.58. The molecule has 0 amide bonds. The predicted molar refractivity (Wildman–Crippen MR) is 62.1 cm³/mol. The van der Waals surface area contributed by atoms with Crippen LogP contribution in [0.1, 0.15) is 40.0 Å². The van der Waals surface area contributed by atoms with E-state index in [2.05, 4.69) is 32.9 Å². The van der Waals surface area contributed by atoms with E-state index in [0.717, 1.165) is 24.7 Å². The minimum absolute atomic E-state index is 0.0753. The Morgan fingerprint density at radius 2 is 1.71 bits per heavy atom. The summed E-state index contributed by atoms with van der Waals surface area (Å²) in [4.78, 5) is 0. The molecule has 0 rings (SSSR count). The Morgan fingerprint density at radius 3 is 2.21 bits per heavy atom. The van der Waals surface area contributed by atoms with E-state index in [1.165, 1.54) is 6.42 Å². The lowest BCUT2D eigenvalue weighted by Crippen LogP contribution is -2.23. The van der Waals surface area contributed by atoms with E-state index < -0.39 is 0 Å². The molecule has 0 heterocycles. The van der Waals surface area contributed by atoms with E-state index in [-0.39, 0.29) is 12.6 Å². The molecule has 84 valence electrons. The van der Waals surface area contributed by atoms with Crippen molar-refractivity contribution >= 4 is 0 Å². The van der Waals surface area contributed by atoms with Gasteiger partial charge in [0.2, 0.25) is 0 Å². The highest BCUT2D eigenvalue weighted by molar-refractivity contribution is 4.86. The molecule has 2 heteroatoms. The molecule has 2 unspecified atom stereocenters. The van der Waals surface area contributed by atoms with Crippen molar-refractivity contribution in [3.8, 4) is 0 Å². The smallest absolute Gasteiger partial charge is 0.0585 e. The second-order valence-electron chi connectivity index (χ2n) is 4.62. The standard InChI is InChI=1S/C12H25NO/c1-10(2)8-11(3)6-4-5-7-12(13)9-14/h4-5,10-12,14H,6-9,13H2,1-3H3/b5-4+. The Kier molecular flexibility index (Phi) is 7.81. The van der Waals surface area contributed by atoms with Gasteiger partial charge in [0.25, 0.3) is 0 Å². The molecule has 0 fully saturated rings. The van der Waals surface area contributed by atoms with Crippen LogP contribution in [0.15, 0.2) is 12.2 Å². The van der Waals surface area contributed by atoms with Crippen LogP contribution >= 0.6 is 0 Å². The average molecular weight is 199 g/mol. The first kappa shape index (κ1) is 13.7. The molecule has 0 radical (unpaired) electrons. The third-order valence-corrected chi connectivity index (χ3v) is 2.25. The zero-order chi connectivity index (χ0) is 11.0. The Morgan fingerprint density at radius 1 is 1.14 bits per heavy atom. The molecule has 0 aliphatic heterocycles. The van der Waals surface area contributed by atoms with Gasteiger partial charge in [0.1, 0.15) is 0 Å². The van der Waals surface area contributed by atoms with Crippen LogP contribution in [0.4, 0.5) is 0 Å². The molecule has 0 bridgehead atoms. The summed E-state index contributed by atoms with van der Waals surface area (Å²) < 4.78 is 0. The Balaban J connectivity index is 3.50. The van der Waals surface area contributed by atoms with E-state index in [1.54, 1.807) is 0 Å². The van der Waals surface area contributed by atoms with Gasteiger partial charge in [-0.2, -0.15) is 0 Å². The van der Waals surface area contributed by atoms with Gasteiger partial charge in [-0.25, -0.2) is 0 Å². The molecule has 0 aromatic rings. The van der Waals surface area contributed by atoms with Crippen LogP contribution in [0.5, 0.6) is 0 Å². The summed E-state index contributed by atoms with van der Waals surface area (Å²) in [5, 5.41) is 8.70. The van der Waals surface area contributed by atoms with Crippen molar-refractivity contribution in [2.24, 2.45) is 17.6 Å². The van der Waals surface area contributed by atoms with Crippen LogP contribution in [0, 0.1) is 11.8 Å². The molecule has 0 aliphatic carbocycles. The first-order valence-electron chi connectivity index (χ1n) is 5.57. The third kappa shape index (κ3) is 8.27. The molecule has 3 N–H and O–H groups in total. The van der Waals surface area contributed by atoms with E-state index >= 15 is 0 Å². The molecule has 0 spiro atoms. The van der Waals surface area contributed by atoms with Gasteiger partial charge < -0.3 is 10.8 Å². The van der Waals surface area contributed by atoms with Crippen LogP contribution in [-0.4, -0.2) is 17.8 Å². The maximum Gasteiger partial charge on any atom is 0.0585 e. The van der Waals surface area contributed by atoms with Gasteiger partial charge >= 0.3 is 0 Å². The van der Waals surface area contributed by atoms with Gasteiger partial charge in [0.05, 0.1) is 6.61 Å². The van der Waals surface area contributed by atoms with Gasteiger partial charge in [-0.15, -0.1) is 0 Å². The second kappa shape index (κ2) is 8.01. The van der Waals surface area contributed by atoms with Crippen LogP contribution < -0.4 is 5.73 Å². The van der Waals surface area contributed by atoms with Gasteiger partial charge in [-0.3, -0.25) is 0 Å². The number of rotatable bonds is 7. The van der Waals surface area contributed by atoms with E-state index in [9.17, 15) is 0 Å². The van der Waals surface area contributed by atoms with Crippen molar-refractivity contribution in [1.82, 2.24) is 0 Å². The highest BCUT2D eigenvalue weighted by Crippen LogP contribution is 2.14. The number of nitrogens with two attached hydrogens (primary N) is 1. The van der Waals surface area contributed by atoms with Gasteiger partial charge in [-0.1, -0.05) is 32.9 Å². The van der Waals surface area contributed by atoms with Crippen molar-refractivity contribution in [2.45, 2.75) is 46.1 Å². The lowest BCUT2D eigenvalue weighted by Gasteiger charge is -2.11. The van der Waals surface area contributed by atoms with Crippen LogP contribution in [0.3, 0.4) is 0 Å². The maximum absolute atomic E-state index is 8.70. The van der Waals surface area contributed by atoms with Crippen LogP contribution in [-0.2, 0) is 0 Å². The van der Waals surface area contributed by atoms with Gasteiger partial charge in [-0.05, 0) is 31.1 Å². The number of allylic oxidation sites excluding steroid dienone is 1. The minimum Gasteiger partial charge on any atom is -0.395 e. The maximum atomic E-state index is 8.70. The number of hydrogen-bond donors (Lipinski definition) is 2. The lowest BCUT2D eigenvalue weighted by molar-refractivity contribution is 0.266. The molecule has 0 saturated carbocycles. The highest BCUT2D eigenvalue weighted by atomic mass is 16.3. The Hall–Kier alpha value is -0.340.